The van der Waals surface area contributed by atoms with Crippen molar-refractivity contribution in [2.24, 2.45) is 0 Å². The SMILES string of the molecule is Cc1cccc(C[C@H](NS(=O)(=O)c2ccc(Cl)c(Cl)c2)C(=O)N[C@H](C#N)COCc2cccc(C(=O)O)c2)c1. The van der Waals surface area contributed by atoms with Gasteiger partial charge in [-0.05, 0) is 54.8 Å². The van der Waals surface area contributed by atoms with E-state index in [0.717, 1.165) is 5.56 Å². The first-order valence-corrected chi connectivity index (χ1v) is 13.9. The Kier molecular flexibility index (Phi) is 10.5. The van der Waals surface area contributed by atoms with Gasteiger partial charge in [0.05, 0.1) is 39.8 Å². The van der Waals surface area contributed by atoms with Crippen molar-refractivity contribution < 1.29 is 27.9 Å². The number of rotatable bonds is 12. The van der Waals surface area contributed by atoms with Gasteiger partial charge in [0.2, 0.25) is 15.9 Å². The predicted octanol–water partition coefficient (Wildman–Crippen LogP) is 4.11. The van der Waals surface area contributed by atoms with E-state index in [0.29, 0.717) is 11.1 Å². The molecule has 0 aromatic heterocycles. The second-order valence-corrected chi connectivity index (χ2v) is 11.2. The fourth-order valence-electron chi connectivity index (χ4n) is 3.63. The van der Waals surface area contributed by atoms with Gasteiger partial charge in [-0.3, -0.25) is 4.79 Å². The number of hydrogen-bond donors (Lipinski definition) is 3. The lowest BCUT2D eigenvalue weighted by Crippen LogP contribution is -2.51. The number of carboxylic acids is 1. The Morgan fingerprint density at radius 3 is 2.41 bits per heavy atom. The molecule has 0 aliphatic rings. The number of benzene rings is 3. The maximum atomic E-state index is 13.2. The van der Waals surface area contributed by atoms with Crippen LogP contribution in [0.1, 0.15) is 27.0 Å². The van der Waals surface area contributed by atoms with Gasteiger partial charge in [-0.25, -0.2) is 13.2 Å². The van der Waals surface area contributed by atoms with Crippen LogP contribution in [0.15, 0.2) is 71.6 Å². The van der Waals surface area contributed by atoms with E-state index >= 15 is 0 Å². The third kappa shape index (κ3) is 8.78. The van der Waals surface area contributed by atoms with Gasteiger partial charge in [0.1, 0.15) is 12.1 Å². The van der Waals surface area contributed by atoms with Gasteiger partial charge in [-0.1, -0.05) is 65.2 Å². The van der Waals surface area contributed by atoms with Crippen LogP contribution in [0.3, 0.4) is 0 Å². The number of sulfonamides is 1. The van der Waals surface area contributed by atoms with Crippen molar-refractivity contribution in [2.75, 3.05) is 6.61 Å². The normalized spacial score (nSPS) is 12.8. The lowest BCUT2D eigenvalue weighted by atomic mass is 10.0. The van der Waals surface area contributed by atoms with Crippen LogP contribution in [0.25, 0.3) is 0 Å². The number of ether oxygens (including phenoxy) is 1. The van der Waals surface area contributed by atoms with E-state index in [2.05, 4.69) is 10.0 Å². The Balaban J connectivity index is 1.74. The van der Waals surface area contributed by atoms with Gasteiger partial charge in [0.25, 0.3) is 0 Å². The highest BCUT2D eigenvalue weighted by atomic mass is 35.5. The molecule has 0 spiro atoms. The molecule has 3 aromatic rings. The molecule has 12 heteroatoms. The monoisotopic (exact) mass is 589 g/mol. The Hall–Kier alpha value is -3.46. The maximum Gasteiger partial charge on any atom is 0.335 e. The van der Waals surface area contributed by atoms with Gasteiger partial charge in [0, 0.05) is 0 Å². The largest absolute Gasteiger partial charge is 0.478 e. The van der Waals surface area contributed by atoms with Crippen LogP contribution in [-0.4, -0.2) is 44.1 Å². The first-order valence-electron chi connectivity index (χ1n) is 11.6. The number of nitrogens with one attached hydrogen (secondary N) is 2. The van der Waals surface area contributed by atoms with Gasteiger partial charge >= 0.3 is 5.97 Å². The van der Waals surface area contributed by atoms with E-state index < -0.39 is 34.0 Å². The summed E-state index contributed by atoms with van der Waals surface area (Å²) in [7, 11) is -4.20. The Morgan fingerprint density at radius 2 is 1.74 bits per heavy atom. The third-order valence-corrected chi connectivity index (χ3v) is 7.75. The third-order valence-electron chi connectivity index (χ3n) is 5.54. The highest BCUT2D eigenvalue weighted by molar-refractivity contribution is 7.89. The minimum atomic E-state index is -4.20. The lowest BCUT2D eigenvalue weighted by Gasteiger charge is -2.21. The van der Waals surface area contributed by atoms with Crippen LogP contribution in [-0.2, 0) is 32.6 Å². The second kappa shape index (κ2) is 13.6. The molecule has 39 heavy (non-hydrogen) atoms. The van der Waals surface area contributed by atoms with E-state index in [1.807, 2.05) is 25.1 Å². The van der Waals surface area contributed by atoms with Crippen molar-refractivity contribution in [3.8, 4) is 6.07 Å². The average molecular weight is 590 g/mol. The summed E-state index contributed by atoms with van der Waals surface area (Å²) < 4.78 is 34.1. The summed E-state index contributed by atoms with van der Waals surface area (Å²) in [6, 6.07) is 16.7. The zero-order valence-electron chi connectivity index (χ0n) is 20.7. The van der Waals surface area contributed by atoms with Crippen LogP contribution >= 0.6 is 23.2 Å². The minimum Gasteiger partial charge on any atom is -0.478 e. The summed E-state index contributed by atoms with van der Waals surface area (Å²) in [6.45, 7) is 1.66. The van der Waals surface area contributed by atoms with E-state index in [9.17, 15) is 23.3 Å². The summed E-state index contributed by atoms with van der Waals surface area (Å²) in [5, 5.41) is 21.4. The van der Waals surface area contributed by atoms with Crippen molar-refractivity contribution in [3.63, 3.8) is 0 Å². The van der Waals surface area contributed by atoms with Gasteiger partial charge < -0.3 is 15.2 Å². The van der Waals surface area contributed by atoms with E-state index in [1.165, 1.54) is 30.3 Å². The number of halogens is 2. The molecule has 3 rings (SSSR count). The smallest absolute Gasteiger partial charge is 0.335 e. The van der Waals surface area contributed by atoms with Crippen molar-refractivity contribution in [1.82, 2.24) is 10.0 Å². The molecular formula is C27H25Cl2N3O6S. The van der Waals surface area contributed by atoms with E-state index in [1.54, 1.807) is 24.3 Å². The highest BCUT2D eigenvalue weighted by Gasteiger charge is 2.28. The average Bonchev–Trinajstić information content (AvgIpc) is 2.89. The molecule has 0 radical (unpaired) electrons. The molecule has 3 aromatic carbocycles. The van der Waals surface area contributed by atoms with Crippen molar-refractivity contribution in [2.45, 2.75) is 36.9 Å². The standard InChI is InChI=1S/C27H25Cl2N3O6S/c1-17-4-2-5-18(10-17)12-25(32-39(36,37)22-8-9-23(28)24(29)13-22)26(33)31-21(14-30)16-38-15-19-6-3-7-20(11-19)27(34)35/h2-11,13,21,25,32H,12,15-16H2,1H3,(H,31,33)(H,34,35)/t21-,25+/m1/s1. The molecule has 0 aliphatic heterocycles. The van der Waals surface area contributed by atoms with Gasteiger partial charge in [-0.2, -0.15) is 9.98 Å². The summed E-state index contributed by atoms with van der Waals surface area (Å²) >= 11 is 11.9. The highest BCUT2D eigenvalue weighted by Crippen LogP contribution is 2.25. The summed E-state index contributed by atoms with van der Waals surface area (Å²) in [5.41, 5.74) is 2.29. The molecule has 0 heterocycles. The van der Waals surface area contributed by atoms with Crippen LogP contribution in [0, 0.1) is 18.3 Å². The molecule has 1 amide bonds. The lowest BCUT2D eigenvalue weighted by molar-refractivity contribution is -0.123. The minimum absolute atomic E-state index is 0.00580. The second-order valence-electron chi connectivity index (χ2n) is 8.65. The number of carbonyl (C=O) groups is 2. The number of nitriles is 1. The van der Waals surface area contributed by atoms with Crippen molar-refractivity contribution >= 4 is 45.1 Å². The van der Waals surface area contributed by atoms with Gasteiger partial charge in [-0.15, -0.1) is 0 Å². The number of aromatic carboxylic acids is 1. The molecule has 0 aliphatic carbocycles. The predicted molar refractivity (Wildman–Crippen MR) is 146 cm³/mol. The number of hydrogen-bond acceptors (Lipinski definition) is 6. The van der Waals surface area contributed by atoms with Crippen LogP contribution in [0.2, 0.25) is 10.0 Å². The summed E-state index contributed by atoms with van der Waals surface area (Å²) in [4.78, 5) is 24.2. The van der Waals surface area contributed by atoms with Crippen LogP contribution in [0.4, 0.5) is 0 Å². The number of carboxylic acid groups (broad SMARTS) is 1. The van der Waals surface area contributed by atoms with Gasteiger partial charge in [0.15, 0.2) is 0 Å². The fourth-order valence-corrected chi connectivity index (χ4v) is 5.22. The molecule has 0 fully saturated rings. The molecule has 9 nitrogen and oxygen atoms in total. The zero-order valence-corrected chi connectivity index (χ0v) is 23.1. The summed E-state index contributed by atoms with van der Waals surface area (Å²) in [6.07, 6.45) is 0.00898. The molecule has 0 saturated carbocycles. The summed E-state index contributed by atoms with van der Waals surface area (Å²) in [5.74, 6) is -1.81. The maximum absolute atomic E-state index is 13.2. The first kappa shape index (κ1) is 30.1. The first-order chi connectivity index (χ1) is 18.5. The number of nitrogens with zero attached hydrogens (tertiary/aromatic N) is 1. The molecule has 0 bridgehead atoms. The molecule has 2 atom stereocenters. The number of amides is 1. The Labute approximate surface area is 236 Å². The zero-order chi connectivity index (χ0) is 28.6. The topological polar surface area (TPSA) is 146 Å². The molecule has 0 saturated heterocycles. The van der Waals surface area contributed by atoms with E-state index in [-0.39, 0.29) is 40.1 Å². The molecule has 3 N–H and O–H groups in total. The van der Waals surface area contributed by atoms with Crippen LogP contribution < -0.4 is 10.0 Å². The van der Waals surface area contributed by atoms with Crippen LogP contribution in [0.5, 0.6) is 0 Å². The quantitative estimate of drug-likeness (QED) is 0.288. The fraction of sp³-hybridized carbons (Fsp3) is 0.222. The van der Waals surface area contributed by atoms with Crippen molar-refractivity contribution in [1.29, 1.82) is 5.26 Å². The van der Waals surface area contributed by atoms with Crippen molar-refractivity contribution in [3.05, 3.63) is 99.0 Å². The number of aryl methyl sites for hydroxylation is 1. The Bertz CT molecular complexity index is 1510. The molecular weight excluding hydrogens is 565 g/mol. The van der Waals surface area contributed by atoms with E-state index in [4.69, 9.17) is 33.0 Å². The Morgan fingerprint density at radius 1 is 1.03 bits per heavy atom. The number of carbonyl (C=O) groups excluding carboxylic acids is 1. The molecule has 0 unspecified atom stereocenters. The molecule has 204 valence electrons.